The topological polar surface area (TPSA) is 106 Å². The van der Waals surface area contributed by atoms with Crippen molar-refractivity contribution in [2.24, 2.45) is 0 Å². The smallest absolute Gasteiger partial charge is 0.270 e. The van der Waals surface area contributed by atoms with Gasteiger partial charge < -0.3 is 9.26 Å². The van der Waals surface area contributed by atoms with Gasteiger partial charge in [0, 0.05) is 22.9 Å². The van der Waals surface area contributed by atoms with Crippen molar-refractivity contribution in [2.45, 2.75) is 19.8 Å². The Kier molecular flexibility index (Phi) is 6.96. The molecule has 0 aliphatic rings. The van der Waals surface area contributed by atoms with Crippen molar-refractivity contribution in [2.75, 3.05) is 6.61 Å². The van der Waals surface area contributed by atoms with Crippen LogP contribution in [0.25, 0.3) is 11.4 Å². The second-order valence-corrected chi connectivity index (χ2v) is 6.81. The molecule has 0 radical (unpaired) electrons. The Labute approximate surface area is 175 Å². The second kappa shape index (κ2) is 9.83. The minimum absolute atomic E-state index is 0.0845. The van der Waals surface area contributed by atoms with Gasteiger partial charge in [-0.15, -0.1) is 0 Å². The number of aromatic nitrogens is 2. The summed E-state index contributed by atoms with van der Waals surface area (Å²) in [5.74, 6) is 0.751. The number of nitrogens with one attached hydrogen (secondary N) is 2. The Balaban J connectivity index is 1.48. The third-order valence-electron chi connectivity index (χ3n) is 3.89. The molecule has 3 aromatic rings. The van der Waals surface area contributed by atoms with E-state index in [1.54, 1.807) is 24.3 Å². The van der Waals surface area contributed by atoms with E-state index in [1.165, 1.54) is 0 Å². The summed E-state index contributed by atoms with van der Waals surface area (Å²) in [5.41, 5.74) is 5.95. The van der Waals surface area contributed by atoms with Crippen LogP contribution in [0.1, 0.15) is 29.6 Å². The molecule has 2 aromatic carbocycles. The Morgan fingerprint density at radius 3 is 2.59 bits per heavy atom. The van der Waals surface area contributed by atoms with E-state index >= 15 is 0 Å². The number of hydrazine groups is 1. The summed E-state index contributed by atoms with van der Waals surface area (Å²) in [6.07, 6.45) is 0.335. The first-order valence-corrected chi connectivity index (χ1v) is 9.75. The van der Waals surface area contributed by atoms with E-state index in [2.05, 4.69) is 36.9 Å². The van der Waals surface area contributed by atoms with Crippen LogP contribution >= 0.6 is 15.9 Å². The SMILES string of the molecule is CCOc1ccc(-c2noc(CCC(=O)NNC(=O)c3ccccc3Br)n2)cc1. The average Bonchev–Trinajstić information content (AvgIpc) is 3.21. The van der Waals surface area contributed by atoms with Crippen LogP contribution in [0.15, 0.2) is 57.5 Å². The third kappa shape index (κ3) is 5.64. The van der Waals surface area contributed by atoms with Crippen molar-refractivity contribution in [1.82, 2.24) is 21.0 Å². The van der Waals surface area contributed by atoms with E-state index in [0.29, 0.717) is 28.4 Å². The van der Waals surface area contributed by atoms with E-state index in [1.807, 2.05) is 31.2 Å². The summed E-state index contributed by atoms with van der Waals surface area (Å²) in [4.78, 5) is 28.3. The number of aryl methyl sites for hydroxylation is 1. The highest BCUT2D eigenvalue weighted by atomic mass is 79.9. The largest absolute Gasteiger partial charge is 0.494 e. The Bertz CT molecular complexity index is 988. The van der Waals surface area contributed by atoms with Crippen LogP contribution in [0.3, 0.4) is 0 Å². The molecule has 0 saturated heterocycles. The van der Waals surface area contributed by atoms with Crippen LogP contribution < -0.4 is 15.6 Å². The van der Waals surface area contributed by atoms with Gasteiger partial charge in [0.05, 0.1) is 12.2 Å². The first kappa shape index (κ1) is 20.5. The zero-order valence-electron chi connectivity index (χ0n) is 15.6. The van der Waals surface area contributed by atoms with Crippen molar-refractivity contribution < 1.29 is 18.8 Å². The van der Waals surface area contributed by atoms with Gasteiger partial charge in [-0.3, -0.25) is 20.4 Å². The summed E-state index contributed by atoms with van der Waals surface area (Å²) in [5, 5.41) is 3.93. The molecule has 0 unspecified atom stereocenters. The third-order valence-corrected chi connectivity index (χ3v) is 4.58. The molecule has 2 amide bonds. The number of hydrogen-bond acceptors (Lipinski definition) is 6. The lowest BCUT2D eigenvalue weighted by Gasteiger charge is -2.07. The zero-order chi connectivity index (χ0) is 20.6. The van der Waals surface area contributed by atoms with Crippen molar-refractivity contribution in [3.8, 4) is 17.1 Å². The second-order valence-electron chi connectivity index (χ2n) is 5.95. The minimum Gasteiger partial charge on any atom is -0.494 e. The molecule has 0 aliphatic carbocycles. The van der Waals surface area contributed by atoms with Crippen LogP contribution in [-0.4, -0.2) is 28.6 Å². The maximum absolute atomic E-state index is 12.1. The molecule has 9 heteroatoms. The van der Waals surface area contributed by atoms with E-state index in [0.717, 1.165) is 11.3 Å². The molecule has 0 fully saturated rings. The average molecular weight is 459 g/mol. The quantitative estimate of drug-likeness (QED) is 0.526. The van der Waals surface area contributed by atoms with E-state index in [9.17, 15) is 9.59 Å². The fourth-order valence-electron chi connectivity index (χ4n) is 2.46. The first-order chi connectivity index (χ1) is 14.1. The standard InChI is InChI=1S/C20H19BrN4O4/c1-2-28-14-9-7-13(8-10-14)19-22-18(29-25-19)12-11-17(26)23-24-20(27)15-5-3-4-6-16(15)21/h3-10H,2,11-12H2,1H3,(H,23,26)(H,24,27). The number of halogens is 1. The van der Waals surface area contributed by atoms with Crippen LogP contribution in [0.4, 0.5) is 0 Å². The van der Waals surface area contributed by atoms with E-state index < -0.39 is 5.91 Å². The van der Waals surface area contributed by atoms with Crippen LogP contribution in [0.2, 0.25) is 0 Å². The van der Waals surface area contributed by atoms with Crippen molar-refractivity contribution in [1.29, 1.82) is 0 Å². The van der Waals surface area contributed by atoms with Gasteiger partial charge in [-0.2, -0.15) is 4.98 Å². The molecule has 150 valence electrons. The number of amides is 2. The molecular weight excluding hydrogens is 440 g/mol. The number of benzene rings is 2. The normalized spacial score (nSPS) is 10.4. The summed E-state index contributed by atoms with van der Waals surface area (Å²) in [7, 11) is 0. The molecular formula is C20H19BrN4O4. The molecule has 8 nitrogen and oxygen atoms in total. The Morgan fingerprint density at radius 2 is 1.86 bits per heavy atom. The number of ether oxygens (including phenoxy) is 1. The van der Waals surface area contributed by atoms with Gasteiger partial charge in [0.2, 0.25) is 17.6 Å². The van der Waals surface area contributed by atoms with Gasteiger partial charge in [-0.05, 0) is 59.3 Å². The number of rotatable bonds is 7. The number of nitrogens with zero attached hydrogens (tertiary/aromatic N) is 2. The maximum Gasteiger partial charge on any atom is 0.270 e. The van der Waals surface area contributed by atoms with Crippen molar-refractivity contribution in [3.05, 3.63) is 64.5 Å². The molecule has 2 N–H and O–H groups in total. The lowest BCUT2D eigenvalue weighted by atomic mass is 10.2. The number of hydrogen-bond donors (Lipinski definition) is 2. The molecule has 0 saturated carbocycles. The summed E-state index contributed by atoms with van der Waals surface area (Å²) >= 11 is 3.29. The van der Waals surface area contributed by atoms with Crippen LogP contribution in [0.5, 0.6) is 5.75 Å². The van der Waals surface area contributed by atoms with Crippen molar-refractivity contribution >= 4 is 27.7 Å². The molecule has 29 heavy (non-hydrogen) atoms. The first-order valence-electron chi connectivity index (χ1n) is 8.96. The molecule has 0 atom stereocenters. The zero-order valence-corrected chi connectivity index (χ0v) is 17.2. The van der Waals surface area contributed by atoms with Gasteiger partial charge in [0.1, 0.15) is 5.75 Å². The fraction of sp³-hybridized carbons (Fsp3) is 0.200. The maximum atomic E-state index is 12.1. The fourth-order valence-corrected chi connectivity index (χ4v) is 2.93. The Morgan fingerprint density at radius 1 is 1.10 bits per heavy atom. The van der Waals surface area contributed by atoms with Crippen LogP contribution in [0, 0.1) is 0 Å². The predicted octanol–water partition coefficient (Wildman–Crippen LogP) is 3.29. The molecule has 1 heterocycles. The van der Waals surface area contributed by atoms with Gasteiger partial charge >= 0.3 is 0 Å². The lowest BCUT2D eigenvalue weighted by Crippen LogP contribution is -2.41. The van der Waals surface area contributed by atoms with E-state index in [-0.39, 0.29) is 18.7 Å². The van der Waals surface area contributed by atoms with Gasteiger partial charge in [0.15, 0.2) is 0 Å². The van der Waals surface area contributed by atoms with Gasteiger partial charge in [0.25, 0.3) is 5.91 Å². The van der Waals surface area contributed by atoms with Gasteiger partial charge in [-0.25, -0.2) is 0 Å². The van der Waals surface area contributed by atoms with E-state index in [4.69, 9.17) is 9.26 Å². The molecule has 0 bridgehead atoms. The molecule has 0 spiro atoms. The van der Waals surface area contributed by atoms with Crippen molar-refractivity contribution in [3.63, 3.8) is 0 Å². The highest BCUT2D eigenvalue weighted by molar-refractivity contribution is 9.10. The Hall–Kier alpha value is -3.20. The predicted molar refractivity (Wildman–Crippen MR) is 109 cm³/mol. The lowest BCUT2D eigenvalue weighted by molar-refractivity contribution is -0.121. The summed E-state index contributed by atoms with van der Waals surface area (Å²) in [6.45, 7) is 2.51. The summed E-state index contributed by atoms with van der Waals surface area (Å²) in [6, 6.07) is 14.3. The monoisotopic (exact) mass is 458 g/mol. The summed E-state index contributed by atoms with van der Waals surface area (Å²) < 4.78 is 11.2. The minimum atomic E-state index is -0.415. The van der Waals surface area contributed by atoms with Crippen LogP contribution in [-0.2, 0) is 11.2 Å². The molecule has 3 rings (SSSR count). The number of carbonyl (C=O) groups is 2. The van der Waals surface area contributed by atoms with Gasteiger partial charge in [-0.1, -0.05) is 17.3 Å². The highest BCUT2D eigenvalue weighted by Gasteiger charge is 2.13. The number of carbonyl (C=O) groups excluding carboxylic acids is 2. The molecule has 1 aromatic heterocycles. The molecule has 0 aliphatic heterocycles. The highest BCUT2D eigenvalue weighted by Crippen LogP contribution is 2.20.